The fraction of sp³-hybridized carbons (Fsp3) is 0.348. The van der Waals surface area contributed by atoms with Gasteiger partial charge in [-0.2, -0.15) is 0 Å². The minimum atomic E-state index is -0.0364. The monoisotopic (exact) mass is 451 g/mol. The molecular weight excluding hydrogens is 426 g/mol. The number of ether oxygens (including phenoxy) is 2. The first-order valence-corrected chi connectivity index (χ1v) is 11.5. The van der Waals surface area contributed by atoms with Crippen molar-refractivity contribution in [3.63, 3.8) is 0 Å². The molecule has 166 valence electrons. The van der Waals surface area contributed by atoms with E-state index in [0.717, 1.165) is 53.3 Å². The first-order chi connectivity index (χ1) is 15.6. The van der Waals surface area contributed by atoms with Crippen LogP contribution in [-0.2, 0) is 4.79 Å². The number of rotatable bonds is 6. The van der Waals surface area contributed by atoms with Crippen molar-refractivity contribution in [2.75, 3.05) is 44.7 Å². The van der Waals surface area contributed by atoms with Crippen LogP contribution in [0.2, 0.25) is 0 Å². The van der Waals surface area contributed by atoms with Gasteiger partial charge in [-0.05, 0) is 24.3 Å². The molecule has 1 amide bonds. The van der Waals surface area contributed by atoms with Crippen molar-refractivity contribution in [1.82, 2.24) is 20.6 Å². The third-order valence-electron chi connectivity index (χ3n) is 5.86. The van der Waals surface area contributed by atoms with E-state index in [9.17, 15) is 4.79 Å². The Bertz CT molecular complexity index is 1170. The molecule has 1 aromatic carbocycles. The summed E-state index contributed by atoms with van der Waals surface area (Å²) in [6.45, 7) is 8.35. The summed E-state index contributed by atoms with van der Waals surface area (Å²) in [5.74, 6) is 1.85. The Labute approximate surface area is 190 Å². The van der Waals surface area contributed by atoms with E-state index in [1.165, 1.54) is 11.3 Å². The zero-order chi connectivity index (χ0) is 22.1. The van der Waals surface area contributed by atoms with E-state index >= 15 is 0 Å². The third-order valence-corrected chi connectivity index (χ3v) is 6.72. The second-order valence-corrected chi connectivity index (χ2v) is 8.77. The molecule has 0 unspecified atom stereocenters. The lowest BCUT2D eigenvalue weighted by Crippen LogP contribution is -2.43. The van der Waals surface area contributed by atoms with Crippen LogP contribution < -0.4 is 25.0 Å². The molecular formula is C23H25N5O3S. The maximum absolute atomic E-state index is 11.6. The van der Waals surface area contributed by atoms with Crippen LogP contribution in [0.3, 0.4) is 0 Å². The molecule has 1 atom stereocenters. The summed E-state index contributed by atoms with van der Waals surface area (Å²) in [5, 5.41) is 6.19. The van der Waals surface area contributed by atoms with E-state index in [-0.39, 0.29) is 11.8 Å². The van der Waals surface area contributed by atoms with Gasteiger partial charge in [-0.3, -0.25) is 4.79 Å². The van der Waals surface area contributed by atoms with Crippen LogP contribution in [0, 0.1) is 5.92 Å². The summed E-state index contributed by atoms with van der Waals surface area (Å²) < 4.78 is 12.7. The molecule has 2 aromatic heterocycles. The lowest BCUT2D eigenvalue weighted by molar-refractivity contribution is -0.119. The second-order valence-electron chi connectivity index (χ2n) is 7.91. The number of benzene rings is 1. The van der Waals surface area contributed by atoms with Crippen molar-refractivity contribution in [3.05, 3.63) is 42.1 Å². The summed E-state index contributed by atoms with van der Waals surface area (Å²) in [5.41, 5.74) is 5.30. The van der Waals surface area contributed by atoms with Crippen molar-refractivity contribution in [1.29, 1.82) is 0 Å². The number of hydrogen-bond acceptors (Lipinski definition) is 8. The highest BCUT2D eigenvalue weighted by Crippen LogP contribution is 2.37. The molecule has 4 heterocycles. The number of hydrogen-bond donors (Lipinski definition) is 2. The van der Waals surface area contributed by atoms with E-state index in [1.54, 1.807) is 12.6 Å². The minimum Gasteiger partial charge on any atom is -0.480 e. The second kappa shape index (κ2) is 8.76. The molecule has 0 radical (unpaired) electrons. The minimum absolute atomic E-state index is 0.0253. The molecule has 2 aliphatic rings. The van der Waals surface area contributed by atoms with Crippen LogP contribution >= 0.6 is 11.3 Å². The predicted octanol–water partition coefficient (Wildman–Crippen LogP) is 2.81. The number of pyridine rings is 1. The molecule has 0 saturated carbocycles. The van der Waals surface area contributed by atoms with Gasteiger partial charge in [0.1, 0.15) is 11.5 Å². The maximum Gasteiger partial charge on any atom is 0.237 e. The van der Waals surface area contributed by atoms with Crippen LogP contribution in [0.25, 0.3) is 21.5 Å². The number of carbonyl (C=O) groups is 1. The molecule has 2 aliphatic heterocycles. The van der Waals surface area contributed by atoms with E-state index in [1.807, 2.05) is 18.2 Å². The average Bonchev–Trinajstić information content (AvgIpc) is 3.48. The topological polar surface area (TPSA) is 88.6 Å². The lowest BCUT2D eigenvalue weighted by atomic mass is 10.1. The van der Waals surface area contributed by atoms with Crippen LogP contribution in [0.4, 0.5) is 5.69 Å². The molecule has 0 spiro atoms. The maximum atomic E-state index is 11.6. The number of anilines is 1. The zero-order valence-corrected chi connectivity index (χ0v) is 18.7. The molecule has 3 aromatic rings. The Balaban J connectivity index is 1.47. The Morgan fingerprint density at radius 1 is 1.28 bits per heavy atom. The van der Waals surface area contributed by atoms with E-state index in [0.29, 0.717) is 30.4 Å². The first-order valence-electron chi connectivity index (χ1n) is 10.6. The Morgan fingerprint density at radius 2 is 2.12 bits per heavy atom. The summed E-state index contributed by atoms with van der Waals surface area (Å²) in [6, 6.07) is 8.04. The fourth-order valence-electron chi connectivity index (χ4n) is 4.11. The quantitative estimate of drug-likeness (QED) is 0.557. The third kappa shape index (κ3) is 4.01. The van der Waals surface area contributed by atoms with Gasteiger partial charge in [0.15, 0.2) is 0 Å². The first kappa shape index (κ1) is 20.7. The largest absolute Gasteiger partial charge is 0.480 e. The SMILES string of the molecule is C=C(Oc1cc(-c2ccc(N3CCNCC3)c(OC)n2)cc2ncsc12)[C@H]1CNC(=O)C1. The number of piperazine rings is 1. The predicted molar refractivity (Wildman–Crippen MR) is 125 cm³/mol. The van der Waals surface area contributed by atoms with Gasteiger partial charge >= 0.3 is 0 Å². The van der Waals surface area contributed by atoms with Crippen molar-refractivity contribution in [2.24, 2.45) is 5.92 Å². The highest BCUT2D eigenvalue weighted by Gasteiger charge is 2.26. The van der Waals surface area contributed by atoms with Crippen LogP contribution in [0.1, 0.15) is 6.42 Å². The Morgan fingerprint density at radius 3 is 2.88 bits per heavy atom. The highest BCUT2D eigenvalue weighted by atomic mass is 32.1. The summed E-state index contributed by atoms with van der Waals surface area (Å²) in [6.07, 6.45) is 0.399. The van der Waals surface area contributed by atoms with E-state index in [4.69, 9.17) is 14.5 Å². The molecule has 9 heteroatoms. The van der Waals surface area contributed by atoms with Gasteiger partial charge in [0.25, 0.3) is 0 Å². The number of amides is 1. The van der Waals surface area contributed by atoms with E-state index < -0.39 is 0 Å². The van der Waals surface area contributed by atoms with Crippen LogP contribution in [-0.4, -0.2) is 55.7 Å². The standard InChI is InChI=1S/C23H25N5O3S/c1-14(16-11-21(29)25-12-16)31-20-10-15(9-18-22(20)32-13-26-18)17-3-4-19(23(27-17)30-2)28-7-5-24-6-8-28/h3-4,9-10,13,16,24H,1,5-8,11-12H2,2H3,(H,25,29)/t16-/m1/s1. The lowest BCUT2D eigenvalue weighted by Gasteiger charge is -2.30. The fourth-order valence-corrected chi connectivity index (χ4v) is 4.83. The normalized spacial score (nSPS) is 18.6. The number of fused-ring (bicyclic) bond motifs is 1. The summed E-state index contributed by atoms with van der Waals surface area (Å²) in [7, 11) is 1.65. The number of thiazole rings is 1. The number of aromatic nitrogens is 2. The molecule has 2 saturated heterocycles. The zero-order valence-electron chi connectivity index (χ0n) is 17.9. The molecule has 8 nitrogen and oxygen atoms in total. The molecule has 32 heavy (non-hydrogen) atoms. The molecule has 2 fully saturated rings. The number of carbonyl (C=O) groups excluding carboxylic acids is 1. The summed E-state index contributed by atoms with van der Waals surface area (Å²) in [4.78, 5) is 23.1. The van der Waals surface area contributed by atoms with Crippen molar-refractivity contribution < 1.29 is 14.3 Å². The smallest absolute Gasteiger partial charge is 0.237 e. The van der Waals surface area contributed by atoms with Gasteiger partial charge in [0, 0.05) is 50.6 Å². The van der Waals surface area contributed by atoms with Crippen LogP contribution in [0.5, 0.6) is 11.6 Å². The Kier molecular flexibility index (Phi) is 5.67. The van der Waals surface area contributed by atoms with Gasteiger partial charge in [0.05, 0.1) is 34.2 Å². The number of nitrogens with zero attached hydrogens (tertiary/aromatic N) is 3. The van der Waals surface area contributed by atoms with Gasteiger partial charge in [-0.25, -0.2) is 9.97 Å². The Hall–Kier alpha value is -3.17. The van der Waals surface area contributed by atoms with Gasteiger partial charge in [0.2, 0.25) is 11.8 Å². The molecule has 5 rings (SSSR count). The van der Waals surface area contributed by atoms with Crippen molar-refractivity contribution >= 4 is 33.1 Å². The number of nitrogens with one attached hydrogen (secondary N) is 2. The average molecular weight is 452 g/mol. The molecule has 2 N–H and O–H groups in total. The summed E-state index contributed by atoms with van der Waals surface area (Å²) >= 11 is 1.51. The van der Waals surface area contributed by atoms with Crippen molar-refractivity contribution in [3.8, 4) is 22.9 Å². The van der Waals surface area contributed by atoms with Crippen LogP contribution in [0.15, 0.2) is 42.1 Å². The highest BCUT2D eigenvalue weighted by molar-refractivity contribution is 7.17. The molecule has 0 aliphatic carbocycles. The van der Waals surface area contributed by atoms with Gasteiger partial charge in [-0.1, -0.05) is 6.58 Å². The van der Waals surface area contributed by atoms with Gasteiger partial charge in [-0.15, -0.1) is 11.3 Å². The van der Waals surface area contributed by atoms with Gasteiger partial charge < -0.3 is 25.0 Å². The van der Waals surface area contributed by atoms with E-state index in [2.05, 4.69) is 33.2 Å². The number of methoxy groups -OCH3 is 1. The van der Waals surface area contributed by atoms with Crippen molar-refractivity contribution in [2.45, 2.75) is 6.42 Å². The molecule has 0 bridgehead atoms.